The maximum absolute atomic E-state index is 13.9. The fraction of sp³-hybridized carbons (Fsp3) is 0.588. The summed E-state index contributed by atoms with van der Waals surface area (Å²) in [6, 6.07) is 3.71. The second-order valence-corrected chi connectivity index (χ2v) is 6.42. The minimum absolute atomic E-state index is 0. The third-order valence-corrected chi connectivity index (χ3v) is 4.99. The number of carbonyl (C=O) groups is 1. The summed E-state index contributed by atoms with van der Waals surface area (Å²) >= 11 is 0. The Morgan fingerprint density at radius 3 is 2.46 bits per heavy atom. The molecule has 1 aromatic carbocycles. The first kappa shape index (κ1) is 22.9. The number of amides is 1. The normalized spacial score (nSPS) is 21.5. The molecule has 2 aliphatic heterocycles. The first-order chi connectivity index (χ1) is 11.6. The van der Waals surface area contributed by atoms with Gasteiger partial charge in [0.25, 0.3) is 5.91 Å². The van der Waals surface area contributed by atoms with Gasteiger partial charge in [-0.25, -0.2) is 8.78 Å². The number of para-hydroxylation sites is 1. The Kier molecular flexibility index (Phi) is 8.53. The van der Waals surface area contributed by atoms with Crippen molar-refractivity contribution in [1.29, 1.82) is 0 Å². The molecular weight excluding hydrogens is 387 g/mol. The van der Waals surface area contributed by atoms with E-state index >= 15 is 0 Å². The molecule has 9 heteroatoms. The Morgan fingerprint density at radius 2 is 1.88 bits per heavy atom. The molecular formula is C17H25Cl2F2N3O2. The lowest BCUT2D eigenvalue weighted by atomic mass is 9.90. The smallest absolute Gasteiger partial charge is 0.252 e. The molecule has 148 valence electrons. The SMILES string of the molecule is COC1(C(=O)NC2CCN(c3c(F)cccc3F)C2)CCNCC1.Cl.Cl. The van der Waals surface area contributed by atoms with Crippen molar-refractivity contribution in [2.24, 2.45) is 0 Å². The predicted octanol–water partition coefficient (Wildman–Crippen LogP) is 2.27. The Balaban J connectivity index is 0.00000169. The zero-order valence-corrected chi connectivity index (χ0v) is 16.2. The van der Waals surface area contributed by atoms with Gasteiger partial charge in [0.2, 0.25) is 0 Å². The molecule has 1 unspecified atom stereocenters. The van der Waals surface area contributed by atoms with Gasteiger partial charge in [0.15, 0.2) is 0 Å². The molecule has 0 aliphatic carbocycles. The number of ether oxygens (including phenoxy) is 1. The van der Waals surface area contributed by atoms with Crippen LogP contribution in [0.25, 0.3) is 0 Å². The summed E-state index contributed by atoms with van der Waals surface area (Å²) in [5, 5.41) is 6.21. The van der Waals surface area contributed by atoms with E-state index in [0.717, 1.165) is 13.1 Å². The summed E-state index contributed by atoms with van der Waals surface area (Å²) in [4.78, 5) is 14.3. The average Bonchev–Trinajstić information content (AvgIpc) is 3.03. The minimum atomic E-state index is -0.804. The van der Waals surface area contributed by atoms with E-state index in [9.17, 15) is 13.6 Å². The van der Waals surface area contributed by atoms with Crippen LogP contribution in [0.1, 0.15) is 19.3 Å². The van der Waals surface area contributed by atoms with Gasteiger partial charge in [-0.05, 0) is 44.5 Å². The van der Waals surface area contributed by atoms with Crippen LogP contribution in [0.15, 0.2) is 18.2 Å². The molecule has 1 aromatic rings. The molecule has 0 bridgehead atoms. The lowest BCUT2D eigenvalue weighted by molar-refractivity contribution is -0.147. The largest absolute Gasteiger partial charge is 0.368 e. The number of anilines is 1. The van der Waals surface area contributed by atoms with E-state index in [0.29, 0.717) is 32.4 Å². The number of nitrogens with one attached hydrogen (secondary N) is 2. The number of carbonyl (C=O) groups excluding carboxylic acids is 1. The van der Waals surface area contributed by atoms with Gasteiger partial charge in [-0.3, -0.25) is 4.79 Å². The van der Waals surface area contributed by atoms with Gasteiger partial charge in [-0.15, -0.1) is 24.8 Å². The topological polar surface area (TPSA) is 53.6 Å². The molecule has 5 nitrogen and oxygen atoms in total. The van der Waals surface area contributed by atoms with Crippen LogP contribution in [0.3, 0.4) is 0 Å². The second kappa shape index (κ2) is 9.69. The van der Waals surface area contributed by atoms with Crippen LogP contribution < -0.4 is 15.5 Å². The van der Waals surface area contributed by atoms with E-state index in [1.807, 2.05) is 0 Å². The molecule has 2 aliphatic rings. The van der Waals surface area contributed by atoms with E-state index in [2.05, 4.69) is 10.6 Å². The molecule has 2 N–H and O–H groups in total. The molecule has 0 spiro atoms. The maximum Gasteiger partial charge on any atom is 0.252 e. The molecule has 0 saturated carbocycles. The van der Waals surface area contributed by atoms with Crippen molar-refractivity contribution < 1.29 is 18.3 Å². The zero-order chi connectivity index (χ0) is 17.2. The summed E-state index contributed by atoms with van der Waals surface area (Å²) in [7, 11) is 1.56. The second-order valence-electron chi connectivity index (χ2n) is 6.42. The highest BCUT2D eigenvalue weighted by atomic mass is 35.5. The average molecular weight is 412 g/mol. The minimum Gasteiger partial charge on any atom is -0.368 e. The molecule has 0 aromatic heterocycles. The molecule has 3 rings (SSSR count). The molecule has 2 saturated heterocycles. The number of rotatable bonds is 4. The Hall–Kier alpha value is -1.15. The van der Waals surface area contributed by atoms with E-state index in [1.54, 1.807) is 12.0 Å². The fourth-order valence-electron chi connectivity index (χ4n) is 3.54. The van der Waals surface area contributed by atoms with Crippen molar-refractivity contribution in [3.63, 3.8) is 0 Å². The number of piperidine rings is 1. The van der Waals surface area contributed by atoms with Gasteiger partial charge in [0.1, 0.15) is 22.9 Å². The molecule has 2 fully saturated rings. The molecule has 0 radical (unpaired) electrons. The highest BCUT2D eigenvalue weighted by molar-refractivity contribution is 5.86. The molecule has 1 atom stereocenters. The molecule has 2 heterocycles. The summed E-state index contributed by atoms with van der Waals surface area (Å²) in [6.45, 7) is 2.36. The number of methoxy groups -OCH3 is 1. The van der Waals surface area contributed by atoms with E-state index < -0.39 is 17.2 Å². The van der Waals surface area contributed by atoms with E-state index in [4.69, 9.17) is 4.74 Å². The van der Waals surface area contributed by atoms with Crippen molar-refractivity contribution in [2.75, 3.05) is 38.2 Å². The van der Waals surface area contributed by atoms with Crippen molar-refractivity contribution in [1.82, 2.24) is 10.6 Å². The van der Waals surface area contributed by atoms with Crippen LogP contribution >= 0.6 is 24.8 Å². The van der Waals surface area contributed by atoms with Crippen molar-refractivity contribution >= 4 is 36.4 Å². The van der Waals surface area contributed by atoms with E-state index in [1.165, 1.54) is 18.2 Å². The van der Waals surface area contributed by atoms with Crippen molar-refractivity contribution in [2.45, 2.75) is 30.9 Å². The van der Waals surface area contributed by atoms with Gasteiger partial charge < -0.3 is 20.3 Å². The summed E-state index contributed by atoms with van der Waals surface area (Å²) in [5.41, 5.74) is -0.820. The van der Waals surface area contributed by atoms with Gasteiger partial charge in [0.05, 0.1) is 0 Å². The first-order valence-electron chi connectivity index (χ1n) is 8.31. The quantitative estimate of drug-likeness (QED) is 0.797. The van der Waals surface area contributed by atoms with Gasteiger partial charge in [-0.2, -0.15) is 0 Å². The maximum atomic E-state index is 13.9. The Bertz CT molecular complexity index is 595. The number of hydrogen-bond donors (Lipinski definition) is 2. The lowest BCUT2D eigenvalue weighted by Gasteiger charge is -2.35. The fourth-order valence-corrected chi connectivity index (χ4v) is 3.54. The van der Waals surface area contributed by atoms with Crippen LogP contribution in [-0.2, 0) is 9.53 Å². The summed E-state index contributed by atoms with van der Waals surface area (Å²) in [5.74, 6) is -1.28. The third-order valence-electron chi connectivity index (χ3n) is 4.99. The zero-order valence-electron chi connectivity index (χ0n) is 14.6. The predicted molar refractivity (Wildman–Crippen MR) is 101 cm³/mol. The number of benzene rings is 1. The van der Waals surface area contributed by atoms with Crippen LogP contribution in [0, 0.1) is 11.6 Å². The molecule has 26 heavy (non-hydrogen) atoms. The standard InChI is InChI=1S/C17H23F2N3O2.2ClH/c1-24-17(6-8-20-9-7-17)16(23)21-12-5-10-22(11-12)15-13(18)3-2-4-14(15)19;;/h2-4,12,20H,5-11H2,1H3,(H,21,23);2*1H. The highest BCUT2D eigenvalue weighted by Gasteiger charge is 2.41. The van der Waals surface area contributed by atoms with Crippen LogP contribution in [-0.4, -0.2) is 50.8 Å². The van der Waals surface area contributed by atoms with Gasteiger partial charge >= 0.3 is 0 Å². The first-order valence-corrected chi connectivity index (χ1v) is 8.31. The lowest BCUT2D eigenvalue weighted by Crippen LogP contribution is -2.56. The third kappa shape index (κ3) is 4.57. The number of hydrogen-bond acceptors (Lipinski definition) is 4. The Labute approximate surface area is 164 Å². The van der Waals surface area contributed by atoms with Gasteiger partial charge in [-0.1, -0.05) is 6.07 Å². The van der Waals surface area contributed by atoms with Gasteiger partial charge in [0, 0.05) is 26.2 Å². The Morgan fingerprint density at radius 1 is 1.27 bits per heavy atom. The van der Waals surface area contributed by atoms with Crippen LogP contribution in [0.4, 0.5) is 14.5 Å². The van der Waals surface area contributed by atoms with Crippen molar-refractivity contribution in [3.05, 3.63) is 29.8 Å². The van der Waals surface area contributed by atoms with Crippen molar-refractivity contribution in [3.8, 4) is 0 Å². The monoisotopic (exact) mass is 411 g/mol. The van der Waals surface area contributed by atoms with E-state index in [-0.39, 0.29) is 42.5 Å². The van der Waals surface area contributed by atoms with Crippen LogP contribution in [0.2, 0.25) is 0 Å². The van der Waals surface area contributed by atoms with Crippen LogP contribution in [0.5, 0.6) is 0 Å². The summed E-state index contributed by atoms with van der Waals surface area (Å²) < 4.78 is 33.3. The number of halogens is 4. The highest BCUT2D eigenvalue weighted by Crippen LogP contribution is 2.28. The molecule has 1 amide bonds. The number of nitrogens with zero attached hydrogens (tertiary/aromatic N) is 1. The summed E-state index contributed by atoms with van der Waals surface area (Å²) in [6.07, 6.45) is 1.89.